The summed E-state index contributed by atoms with van der Waals surface area (Å²) >= 11 is 0. The van der Waals surface area contributed by atoms with Crippen LogP contribution < -0.4 is 11.3 Å². The van der Waals surface area contributed by atoms with E-state index in [4.69, 9.17) is 5.84 Å². The van der Waals surface area contributed by atoms with Crippen molar-refractivity contribution in [3.63, 3.8) is 0 Å². The molecule has 5 heteroatoms. The average Bonchev–Trinajstić information content (AvgIpc) is 2.74. The van der Waals surface area contributed by atoms with Crippen molar-refractivity contribution in [2.45, 2.75) is 44.8 Å². The zero-order chi connectivity index (χ0) is 10.8. The predicted molar refractivity (Wildman–Crippen MR) is 48.3 cm³/mol. The molecule has 0 aromatic carbocycles. The van der Waals surface area contributed by atoms with E-state index in [0.717, 1.165) is 6.42 Å². The lowest BCUT2D eigenvalue weighted by Crippen LogP contribution is -2.37. The second kappa shape index (κ2) is 4.49. The Kier molecular flexibility index (Phi) is 3.78. The standard InChI is InChI=1S/C9H17F3N2/c1-6-5-7(6)8(14-13)3-2-4-9(10,11)12/h6-8,14H,2-5,13H2,1H3. The second-order valence-electron chi connectivity index (χ2n) is 4.16. The average molecular weight is 210 g/mol. The van der Waals surface area contributed by atoms with Gasteiger partial charge >= 0.3 is 6.18 Å². The minimum absolute atomic E-state index is 0.0624. The Labute approximate surface area is 82.0 Å². The molecule has 0 bridgehead atoms. The van der Waals surface area contributed by atoms with E-state index in [1.165, 1.54) is 0 Å². The molecular weight excluding hydrogens is 193 g/mol. The first-order valence-electron chi connectivity index (χ1n) is 4.97. The summed E-state index contributed by atoms with van der Waals surface area (Å²) in [6, 6.07) is 0.0624. The summed E-state index contributed by atoms with van der Waals surface area (Å²) in [5.74, 6) is 6.39. The molecule has 1 aliphatic rings. The fourth-order valence-corrected chi connectivity index (χ4v) is 1.86. The van der Waals surface area contributed by atoms with E-state index < -0.39 is 12.6 Å². The topological polar surface area (TPSA) is 38.0 Å². The Hall–Kier alpha value is -0.290. The van der Waals surface area contributed by atoms with Gasteiger partial charge < -0.3 is 0 Å². The molecular formula is C9H17F3N2. The molecule has 1 rings (SSSR count). The van der Waals surface area contributed by atoms with Crippen molar-refractivity contribution < 1.29 is 13.2 Å². The normalized spacial score (nSPS) is 28.9. The maximum atomic E-state index is 11.9. The van der Waals surface area contributed by atoms with Crippen molar-refractivity contribution in [2.75, 3.05) is 0 Å². The number of halogens is 3. The van der Waals surface area contributed by atoms with Crippen LogP contribution >= 0.6 is 0 Å². The van der Waals surface area contributed by atoms with E-state index in [0.29, 0.717) is 18.3 Å². The van der Waals surface area contributed by atoms with E-state index in [1.54, 1.807) is 0 Å². The lowest BCUT2D eigenvalue weighted by atomic mass is 10.0. The van der Waals surface area contributed by atoms with Gasteiger partial charge in [-0.1, -0.05) is 6.92 Å². The molecule has 1 aliphatic carbocycles. The molecule has 2 nitrogen and oxygen atoms in total. The summed E-state index contributed by atoms with van der Waals surface area (Å²) in [4.78, 5) is 0. The maximum Gasteiger partial charge on any atom is 0.389 e. The van der Waals surface area contributed by atoms with Gasteiger partial charge in [0.2, 0.25) is 0 Å². The molecule has 1 saturated carbocycles. The summed E-state index contributed by atoms with van der Waals surface area (Å²) < 4.78 is 35.6. The van der Waals surface area contributed by atoms with Crippen molar-refractivity contribution in [3.05, 3.63) is 0 Å². The monoisotopic (exact) mass is 210 g/mol. The molecule has 0 heterocycles. The van der Waals surface area contributed by atoms with E-state index in [2.05, 4.69) is 12.3 Å². The largest absolute Gasteiger partial charge is 0.389 e. The van der Waals surface area contributed by atoms with Crippen LogP contribution in [0.1, 0.15) is 32.6 Å². The van der Waals surface area contributed by atoms with Crippen LogP contribution in [0.3, 0.4) is 0 Å². The smallest absolute Gasteiger partial charge is 0.271 e. The summed E-state index contributed by atoms with van der Waals surface area (Å²) in [6.45, 7) is 2.10. The summed E-state index contributed by atoms with van der Waals surface area (Å²) in [7, 11) is 0. The van der Waals surface area contributed by atoms with Crippen LogP contribution in [0.25, 0.3) is 0 Å². The molecule has 0 saturated heterocycles. The van der Waals surface area contributed by atoms with Gasteiger partial charge in [-0.05, 0) is 31.1 Å². The number of rotatable bonds is 5. The summed E-state index contributed by atoms with van der Waals surface area (Å²) in [5.41, 5.74) is 2.61. The van der Waals surface area contributed by atoms with Crippen LogP contribution in [0.4, 0.5) is 13.2 Å². The van der Waals surface area contributed by atoms with Crippen LogP contribution in [0.15, 0.2) is 0 Å². The molecule has 0 aliphatic heterocycles. The highest BCUT2D eigenvalue weighted by Gasteiger charge is 2.39. The number of hydrogen-bond donors (Lipinski definition) is 2. The highest BCUT2D eigenvalue weighted by Crippen LogP contribution is 2.42. The zero-order valence-corrected chi connectivity index (χ0v) is 8.27. The Balaban J connectivity index is 2.15. The van der Waals surface area contributed by atoms with Gasteiger partial charge in [-0.3, -0.25) is 11.3 Å². The first-order chi connectivity index (χ1) is 6.44. The van der Waals surface area contributed by atoms with Gasteiger partial charge in [0.25, 0.3) is 0 Å². The highest BCUT2D eigenvalue weighted by molar-refractivity contribution is 4.91. The van der Waals surface area contributed by atoms with Gasteiger partial charge in [-0.25, -0.2) is 0 Å². The van der Waals surface area contributed by atoms with Crippen molar-refractivity contribution >= 4 is 0 Å². The van der Waals surface area contributed by atoms with E-state index in [1.807, 2.05) is 0 Å². The Bertz CT molecular complexity index is 181. The van der Waals surface area contributed by atoms with Crippen LogP contribution in [0.2, 0.25) is 0 Å². The molecule has 0 amide bonds. The van der Waals surface area contributed by atoms with Gasteiger partial charge in [0.1, 0.15) is 0 Å². The van der Waals surface area contributed by atoms with Crippen molar-refractivity contribution in [1.82, 2.24) is 5.43 Å². The quantitative estimate of drug-likeness (QED) is 0.539. The van der Waals surface area contributed by atoms with Crippen LogP contribution in [-0.2, 0) is 0 Å². The molecule has 84 valence electrons. The SMILES string of the molecule is CC1CC1C(CCCC(F)(F)F)NN. The number of hydrogen-bond acceptors (Lipinski definition) is 2. The Morgan fingerprint density at radius 3 is 2.43 bits per heavy atom. The van der Waals surface area contributed by atoms with Gasteiger partial charge in [0, 0.05) is 12.5 Å². The molecule has 3 N–H and O–H groups in total. The maximum absolute atomic E-state index is 11.9. The number of nitrogens with one attached hydrogen (secondary N) is 1. The van der Waals surface area contributed by atoms with E-state index >= 15 is 0 Å². The Morgan fingerprint density at radius 2 is 2.07 bits per heavy atom. The van der Waals surface area contributed by atoms with E-state index in [-0.39, 0.29) is 12.5 Å². The third kappa shape index (κ3) is 3.84. The third-order valence-corrected chi connectivity index (χ3v) is 2.88. The van der Waals surface area contributed by atoms with Gasteiger partial charge in [-0.2, -0.15) is 13.2 Å². The molecule has 0 aromatic rings. The molecule has 1 fully saturated rings. The lowest BCUT2D eigenvalue weighted by molar-refractivity contribution is -0.135. The second-order valence-corrected chi connectivity index (χ2v) is 4.16. The van der Waals surface area contributed by atoms with Crippen molar-refractivity contribution in [3.8, 4) is 0 Å². The zero-order valence-electron chi connectivity index (χ0n) is 8.27. The lowest BCUT2D eigenvalue weighted by Gasteiger charge is -2.15. The molecule has 14 heavy (non-hydrogen) atoms. The first kappa shape index (κ1) is 11.8. The van der Waals surface area contributed by atoms with Gasteiger partial charge in [-0.15, -0.1) is 0 Å². The number of hydrazine groups is 1. The number of alkyl halides is 3. The summed E-state index contributed by atoms with van der Waals surface area (Å²) in [6.07, 6.45) is -2.96. The fourth-order valence-electron chi connectivity index (χ4n) is 1.86. The van der Waals surface area contributed by atoms with Crippen LogP contribution in [0.5, 0.6) is 0 Å². The predicted octanol–water partition coefficient (Wildman–Crippen LogP) is 2.21. The molecule has 0 spiro atoms. The van der Waals surface area contributed by atoms with E-state index in [9.17, 15) is 13.2 Å². The first-order valence-corrected chi connectivity index (χ1v) is 4.97. The van der Waals surface area contributed by atoms with Crippen molar-refractivity contribution in [1.29, 1.82) is 0 Å². The van der Waals surface area contributed by atoms with Gasteiger partial charge in [0.15, 0.2) is 0 Å². The van der Waals surface area contributed by atoms with Gasteiger partial charge in [0.05, 0.1) is 0 Å². The van der Waals surface area contributed by atoms with Crippen LogP contribution in [-0.4, -0.2) is 12.2 Å². The molecule has 0 aromatic heterocycles. The molecule has 0 radical (unpaired) electrons. The third-order valence-electron chi connectivity index (χ3n) is 2.88. The number of nitrogens with two attached hydrogens (primary N) is 1. The Morgan fingerprint density at radius 1 is 1.50 bits per heavy atom. The fraction of sp³-hybridized carbons (Fsp3) is 1.00. The molecule has 3 atom stereocenters. The molecule has 3 unspecified atom stereocenters. The van der Waals surface area contributed by atoms with Crippen molar-refractivity contribution in [2.24, 2.45) is 17.7 Å². The minimum Gasteiger partial charge on any atom is -0.271 e. The van der Waals surface area contributed by atoms with Crippen LogP contribution in [0, 0.1) is 11.8 Å². The summed E-state index contributed by atoms with van der Waals surface area (Å²) in [5, 5.41) is 0. The minimum atomic E-state index is -4.03. The highest BCUT2D eigenvalue weighted by atomic mass is 19.4.